The molecule has 0 bridgehead atoms. The first-order valence-electron chi connectivity index (χ1n) is 7.44. The highest BCUT2D eigenvalue weighted by molar-refractivity contribution is 8.00. The summed E-state index contributed by atoms with van der Waals surface area (Å²) in [5, 5.41) is 14.3. The lowest BCUT2D eigenvalue weighted by Crippen LogP contribution is -2.41. The van der Waals surface area contributed by atoms with Crippen LogP contribution in [0.3, 0.4) is 0 Å². The summed E-state index contributed by atoms with van der Waals surface area (Å²) in [4.78, 5) is 23.3. The van der Waals surface area contributed by atoms with Crippen LogP contribution in [-0.4, -0.2) is 38.8 Å². The zero-order valence-electron chi connectivity index (χ0n) is 13.5. The third-order valence-electron chi connectivity index (χ3n) is 3.69. The van der Waals surface area contributed by atoms with E-state index >= 15 is 0 Å². The third kappa shape index (κ3) is 2.92. The van der Waals surface area contributed by atoms with Crippen LogP contribution in [0.5, 0.6) is 0 Å². The molecule has 3 aromatic rings. The predicted octanol–water partition coefficient (Wildman–Crippen LogP) is 2.13. The smallest absolute Gasteiger partial charge is 0.321 e. The van der Waals surface area contributed by atoms with Crippen LogP contribution in [0.4, 0.5) is 4.79 Å². The molecule has 0 aliphatic heterocycles. The molecular weight excluding hydrogens is 326 g/mol. The zero-order valence-corrected chi connectivity index (χ0v) is 14.3. The van der Waals surface area contributed by atoms with Gasteiger partial charge in [-0.15, -0.1) is 10.2 Å². The van der Waals surface area contributed by atoms with E-state index in [1.54, 1.807) is 6.92 Å². The number of benzene rings is 1. The SMILES string of the molecule is CNC(=O)NC(=O)[C@@H](C)Sc1nnc2cc(C)c3ccccc3n12. The van der Waals surface area contributed by atoms with Gasteiger partial charge in [0.05, 0.1) is 10.8 Å². The fourth-order valence-electron chi connectivity index (χ4n) is 2.44. The van der Waals surface area contributed by atoms with Crippen LogP contribution in [0.2, 0.25) is 0 Å². The number of para-hydroxylation sites is 1. The van der Waals surface area contributed by atoms with Gasteiger partial charge in [-0.1, -0.05) is 30.0 Å². The Morgan fingerprint density at radius 1 is 1.25 bits per heavy atom. The van der Waals surface area contributed by atoms with E-state index in [0.717, 1.165) is 22.1 Å². The van der Waals surface area contributed by atoms with E-state index in [-0.39, 0.29) is 5.91 Å². The summed E-state index contributed by atoms with van der Waals surface area (Å²) in [6, 6.07) is 9.42. The number of hydrogen-bond acceptors (Lipinski definition) is 5. The number of imide groups is 1. The lowest BCUT2D eigenvalue weighted by atomic mass is 10.1. The zero-order chi connectivity index (χ0) is 17.3. The standard InChI is InChI=1S/C16H17N5O2S/c1-9-8-13-19-20-16(21(13)12-7-5-4-6-11(9)12)24-10(2)14(22)18-15(23)17-3/h4-8,10H,1-3H3,(H2,17,18,22,23)/t10-/m1/s1. The maximum absolute atomic E-state index is 12.0. The van der Waals surface area contributed by atoms with Crippen LogP contribution in [0.25, 0.3) is 16.6 Å². The van der Waals surface area contributed by atoms with Crippen LogP contribution in [-0.2, 0) is 4.79 Å². The van der Waals surface area contributed by atoms with E-state index in [2.05, 4.69) is 20.8 Å². The molecule has 3 rings (SSSR count). The Bertz CT molecular complexity index is 937. The fourth-order valence-corrected chi connectivity index (χ4v) is 3.31. The first-order valence-corrected chi connectivity index (χ1v) is 8.32. The van der Waals surface area contributed by atoms with E-state index < -0.39 is 11.3 Å². The molecule has 1 atom stereocenters. The number of pyridine rings is 1. The molecule has 0 fully saturated rings. The fraction of sp³-hybridized carbons (Fsp3) is 0.250. The number of amides is 3. The van der Waals surface area contributed by atoms with Crippen molar-refractivity contribution in [1.82, 2.24) is 25.2 Å². The quantitative estimate of drug-likeness (QED) is 0.711. The summed E-state index contributed by atoms with van der Waals surface area (Å²) in [6.07, 6.45) is 0. The van der Waals surface area contributed by atoms with Crippen molar-refractivity contribution in [3.05, 3.63) is 35.9 Å². The second-order valence-electron chi connectivity index (χ2n) is 5.35. The van der Waals surface area contributed by atoms with Crippen LogP contribution in [0, 0.1) is 6.92 Å². The van der Waals surface area contributed by atoms with Crippen LogP contribution < -0.4 is 10.6 Å². The molecule has 0 aliphatic carbocycles. The third-order valence-corrected chi connectivity index (χ3v) is 4.73. The second kappa shape index (κ2) is 6.48. The van der Waals surface area contributed by atoms with E-state index in [0.29, 0.717) is 5.16 Å². The lowest BCUT2D eigenvalue weighted by Gasteiger charge is -2.11. The van der Waals surface area contributed by atoms with Crippen molar-refractivity contribution in [2.75, 3.05) is 7.05 Å². The Hall–Kier alpha value is -2.61. The topological polar surface area (TPSA) is 88.4 Å². The van der Waals surface area contributed by atoms with Crippen LogP contribution >= 0.6 is 11.8 Å². The van der Waals surface area contributed by atoms with Gasteiger partial charge in [0.15, 0.2) is 10.8 Å². The number of nitrogens with one attached hydrogen (secondary N) is 2. The van der Waals surface area contributed by atoms with Crippen molar-refractivity contribution in [2.24, 2.45) is 0 Å². The molecule has 2 aromatic heterocycles. The van der Waals surface area contributed by atoms with Crippen molar-refractivity contribution in [3.63, 3.8) is 0 Å². The van der Waals surface area contributed by atoms with Crippen molar-refractivity contribution < 1.29 is 9.59 Å². The largest absolute Gasteiger partial charge is 0.341 e. The molecule has 0 saturated heterocycles. The number of aromatic nitrogens is 3. The van der Waals surface area contributed by atoms with Gasteiger partial charge < -0.3 is 5.32 Å². The normalized spacial score (nSPS) is 12.3. The highest BCUT2D eigenvalue weighted by Crippen LogP contribution is 2.27. The molecule has 2 N–H and O–H groups in total. The molecule has 0 saturated carbocycles. The molecule has 1 aromatic carbocycles. The molecule has 8 heteroatoms. The molecule has 0 radical (unpaired) electrons. The van der Waals surface area contributed by atoms with Crippen molar-refractivity contribution >= 4 is 40.3 Å². The number of thioether (sulfide) groups is 1. The molecule has 124 valence electrons. The molecule has 7 nitrogen and oxygen atoms in total. The van der Waals surface area contributed by atoms with Crippen molar-refractivity contribution in [1.29, 1.82) is 0 Å². The molecular formula is C16H17N5O2S. The van der Waals surface area contributed by atoms with Gasteiger partial charge in [-0.25, -0.2) is 4.79 Å². The van der Waals surface area contributed by atoms with Crippen molar-refractivity contribution in [2.45, 2.75) is 24.3 Å². The second-order valence-corrected chi connectivity index (χ2v) is 6.66. The summed E-state index contributed by atoms with van der Waals surface area (Å²) in [6.45, 7) is 3.75. The highest BCUT2D eigenvalue weighted by Gasteiger charge is 2.20. The molecule has 0 aliphatic rings. The minimum absolute atomic E-state index is 0.382. The number of aryl methyl sites for hydroxylation is 1. The lowest BCUT2D eigenvalue weighted by molar-refractivity contribution is -0.119. The predicted molar refractivity (Wildman–Crippen MR) is 93.1 cm³/mol. The van der Waals surface area contributed by atoms with Crippen LogP contribution in [0.1, 0.15) is 12.5 Å². The Balaban J connectivity index is 1.97. The maximum atomic E-state index is 12.0. The average Bonchev–Trinajstić information content (AvgIpc) is 2.97. The minimum Gasteiger partial charge on any atom is -0.341 e. The number of carbonyl (C=O) groups excluding carboxylic acids is 2. The Kier molecular flexibility index (Phi) is 4.39. The van der Waals surface area contributed by atoms with Gasteiger partial charge >= 0.3 is 6.03 Å². The molecule has 3 amide bonds. The molecule has 0 unspecified atom stereocenters. The van der Waals surface area contributed by atoms with Gasteiger partial charge in [-0.05, 0) is 31.5 Å². The van der Waals surface area contributed by atoms with Gasteiger partial charge in [0.2, 0.25) is 5.91 Å². The van der Waals surface area contributed by atoms with Gasteiger partial charge in [0.1, 0.15) is 0 Å². The molecule has 2 heterocycles. The van der Waals surface area contributed by atoms with Crippen LogP contribution in [0.15, 0.2) is 35.5 Å². The van der Waals surface area contributed by atoms with E-state index in [9.17, 15) is 9.59 Å². The number of hydrogen-bond donors (Lipinski definition) is 2. The number of fused-ring (bicyclic) bond motifs is 3. The highest BCUT2D eigenvalue weighted by atomic mass is 32.2. The van der Waals surface area contributed by atoms with Crippen molar-refractivity contribution in [3.8, 4) is 0 Å². The van der Waals surface area contributed by atoms with Gasteiger partial charge in [0, 0.05) is 12.4 Å². The summed E-state index contributed by atoms with van der Waals surface area (Å²) in [5.74, 6) is -0.382. The van der Waals surface area contributed by atoms with Gasteiger partial charge in [-0.3, -0.25) is 14.5 Å². The first kappa shape index (κ1) is 16.3. The summed E-state index contributed by atoms with van der Waals surface area (Å²) < 4.78 is 1.93. The van der Waals surface area contributed by atoms with E-state index in [4.69, 9.17) is 0 Å². The number of urea groups is 1. The number of nitrogens with zero attached hydrogens (tertiary/aromatic N) is 3. The van der Waals surface area contributed by atoms with Gasteiger partial charge in [-0.2, -0.15) is 0 Å². The Labute approximate surface area is 142 Å². The molecule has 0 spiro atoms. The summed E-state index contributed by atoms with van der Waals surface area (Å²) in [7, 11) is 1.46. The number of carbonyl (C=O) groups is 2. The van der Waals surface area contributed by atoms with Gasteiger partial charge in [0.25, 0.3) is 0 Å². The monoisotopic (exact) mass is 343 g/mol. The molecule has 24 heavy (non-hydrogen) atoms. The maximum Gasteiger partial charge on any atom is 0.321 e. The summed E-state index contributed by atoms with van der Waals surface area (Å²) in [5.41, 5.74) is 2.83. The Morgan fingerprint density at radius 2 is 2.00 bits per heavy atom. The first-order chi connectivity index (χ1) is 11.5. The average molecular weight is 343 g/mol. The minimum atomic E-state index is -0.528. The summed E-state index contributed by atoms with van der Waals surface area (Å²) >= 11 is 1.26. The Morgan fingerprint density at radius 3 is 2.75 bits per heavy atom. The number of rotatable bonds is 3. The van der Waals surface area contributed by atoms with E-state index in [1.807, 2.05) is 41.7 Å². The van der Waals surface area contributed by atoms with E-state index in [1.165, 1.54) is 18.8 Å².